The van der Waals surface area contributed by atoms with Gasteiger partial charge in [-0.2, -0.15) is 0 Å². The van der Waals surface area contributed by atoms with Crippen molar-refractivity contribution in [2.45, 2.75) is 90.9 Å². The summed E-state index contributed by atoms with van der Waals surface area (Å²) in [6, 6.07) is 0. The van der Waals surface area contributed by atoms with Gasteiger partial charge in [-0.1, -0.05) is 71.6 Å². The largest absolute Gasteiger partial charge is 0.633 e. The zero-order valence-electron chi connectivity index (χ0n) is 14.6. The predicted molar refractivity (Wildman–Crippen MR) is 92.1 cm³/mol. The highest BCUT2D eigenvalue weighted by atomic mass is 16.5. The molecule has 0 amide bonds. The lowest BCUT2D eigenvalue weighted by atomic mass is 10.1. The molecule has 0 aromatic carbocycles. The van der Waals surface area contributed by atoms with Crippen LogP contribution >= 0.6 is 0 Å². The van der Waals surface area contributed by atoms with Crippen LogP contribution in [0.15, 0.2) is 0 Å². The van der Waals surface area contributed by atoms with E-state index in [2.05, 4.69) is 6.92 Å². The molecule has 0 saturated carbocycles. The summed E-state index contributed by atoms with van der Waals surface area (Å²) in [4.78, 5) is 0. The number of unbranched alkanes of at least 4 members (excludes halogenated alkanes) is 10. The van der Waals surface area contributed by atoms with Crippen LogP contribution in [0.2, 0.25) is 0 Å². The number of rotatable bonds is 16. The average molecular weight is 302 g/mol. The predicted octanol–water partition coefficient (Wildman–Crippen LogP) is 5.01. The van der Waals surface area contributed by atoms with Crippen LogP contribution in [0, 0.1) is 5.21 Å². The van der Waals surface area contributed by atoms with E-state index >= 15 is 0 Å². The summed E-state index contributed by atoms with van der Waals surface area (Å²) in [5.74, 6) is 0. The highest BCUT2D eigenvalue weighted by Crippen LogP contribution is 2.13. The maximum Gasteiger partial charge on any atom is 0.102 e. The molecule has 3 nitrogen and oxygen atoms in total. The number of nitrogens with zero attached hydrogens (tertiary/aromatic N) is 1. The van der Waals surface area contributed by atoms with E-state index in [0.717, 1.165) is 12.8 Å². The molecule has 0 saturated heterocycles. The van der Waals surface area contributed by atoms with Gasteiger partial charge in [-0.25, -0.2) is 0 Å². The molecule has 0 aromatic heterocycles. The minimum atomic E-state index is -0.190. The summed E-state index contributed by atoms with van der Waals surface area (Å²) in [7, 11) is 0. The zero-order chi connectivity index (χ0) is 15.8. The van der Waals surface area contributed by atoms with Gasteiger partial charge in [0.2, 0.25) is 0 Å². The fraction of sp³-hybridized carbons (Fsp3) is 1.00. The molecular weight excluding hydrogens is 262 g/mol. The third-order valence-electron chi connectivity index (χ3n) is 4.31. The molecule has 21 heavy (non-hydrogen) atoms. The number of hydrogen-bond acceptors (Lipinski definition) is 2. The second kappa shape index (κ2) is 14.8. The maximum atomic E-state index is 12.3. The Morgan fingerprint density at radius 2 is 1.10 bits per heavy atom. The molecule has 0 aliphatic heterocycles. The Morgan fingerprint density at radius 1 is 0.619 bits per heavy atom. The van der Waals surface area contributed by atoms with Crippen LogP contribution < -0.4 is 0 Å². The van der Waals surface area contributed by atoms with Crippen molar-refractivity contribution in [2.75, 3.05) is 26.2 Å². The van der Waals surface area contributed by atoms with Gasteiger partial charge in [-0.3, -0.25) is 0 Å². The van der Waals surface area contributed by atoms with E-state index in [0.29, 0.717) is 19.6 Å². The summed E-state index contributed by atoms with van der Waals surface area (Å²) >= 11 is 0. The summed E-state index contributed by atoms with van der Waals surface area (Å²) in [5.41, 5.74) is 0. The molecule has 128 valence electrons. The Bertz CT molecular complexity index is 203. The molecular formula is C18H39NO2. The lowest BCUT2D eigenvalue weighted by Crippen LogP contribution is -2.45. The van der Waals surface area contributed by atoms with Crippen LogP contribution in [-0.2, 0) is 0 Å². The second-order valence-corrected chi connectivity index (χ2v) is 6.49. The minimum Gasteiger partial charge on any atom is -0.633 e. The van der Waals surface area contributed by atoms with Crippen molar-refractivity contribution in [2.24, 2.45) is 0 Å². The van der Waals surface area contributed by atoms with Gasteiger partial charge in [-0.05, 0) is 19.3 Å². The van der Waals surface area contributed by atoms with Gasteiger partial charge in [0.05, 0.1) is 19.7 Å². The van der Waals surface area contributed by atoms with Crippen molar-refractivity contribution < 1.29 is 9.75 Å². The number of hydrogen-bond donors (Lipinski definition) is 1. The molecule has 1 unspecified atom stereocenters. The van der Waals surface area contributed by atoms with Crippen LogP contribution in [-0.4, -0.2) is 36.0 Å². The van der Waals surface area contributed by atoms with Crippen LogP contribution in [0.5, 0.6) is 0 Å². The monoisotopic (exact) mass is 301 g/mol. The third-order valence-corrected chi connectivity index (χ3v) is 4.31. The Morgan fingerprint density at radius 3 is 1.52 bits per heavy atom. The molecule has 0 fully saturated rings. The maximum absolute atomic E-state index is 12.3. The molecule has 3 heteroatoms. The van der Waals surface area contributed by atoms with Crippen LogP contribution in [0.1, 0.15) is 90.9 Å². The molecule has 1 atom stereocenters. The number of hydroxylamine groups is 3. The highest BCUT2D eigenvalue weighted by molar-refractivity contribution is 4.50. The van der Waals surface area contributed by atoms with E-state index in [-0.39, 0.29) is 11.3 Å². The van der Waals surface area contributed by atoms with Crippen molar-refractivity contribution in [1.29, 1.82) is 0 Å². The first-order valence-electron chi connectivity index (χ1n) is 9.36. The Hall–Kier alpha value is -0.120. The third kappa shape index (κ3) is 13.3. The molecule has 0 radical (unpaired) electrons. The van der Waals surface area contributed by atoms with Crippen LogP contribution in [0.3, 0.4) is 0 Å². The summed E-state index contributed by atoms with van der Waals surface area (Å²) in [6.07, 6.45) is 15.3. The lowest BCUT2D eigenvalue weighted by molar-refractivity contribution is -0.881. The Balaban J connectivity index is 3.37. The van der Waals surface area contributed by atoms with Gasteiger partial charge in [0.1, 0.15) is 6.54 Å². The van der Waals surface area contributed by atoms with E-state index < -0.39 is 0 Å². The van der Waals surface area contributed by atoms with Crippen molar-refractivity contribution in [3.8, 4) is 0 Å². The van der Waals surface area contributed by atoms with E-state index in [4.69, 9.17) is 5.11 Å². The average Bonchev–Trinajstić information content (AvgIpc) is 2.45. The minimum absolute atomic E-state index is 0.0154. The molecule has 0 aliphatic rings. The lowest BCUT2D eigenvalue weighted by Gasteiger charge is -2.42. The standard InChI is InChI=1S/C18H39NO2/c1-3-5-6-7-8-9-10-11-12-13-14-16-19(21,15-4-2)17-18-20/h20H,3-18H2,1-2H3. The Kier molecular flexibility index (Phi) is 14.7. The fourth-order valence-electron chi connectivity index (χ4n) is 2.99. The Labute approximate surface area is 132 Å². The molecule has 0 heterocycles. The van der Waals surface area contributed by atoms with E-state index in [1.54, 1.807) is 0 Å². The quantitative estimate of drug-likeness (QED) is 0.247. The molecule has 0 aromatic rings. The normalized spacial score (nSPS) is 14.3. The smallest absolute Gasteiger partial charge is 0.102 e. The summed E-state index contributed by atoms with van der Waals surface area (Å²) in [5, 5.41) is 21.3. The second-order valence-electron chi connectivity index (χ2n) is 6.49. The number of quaternary nitrogens is 1. The summed E-state index contributed by atoms with van der Waals surface area (Å²) < 4.78 is -0.190. The summed E-state index contributed by atoms with van der Waals surface area (Å²) in [6.45, 7) is 6.02. The first-order valence-corrected chi connectivity index (χ1v) is 9.36. The van der Waals surface area contributed by atoms with Crippen molar-refractivity contribution in [1.82, 2.24) is 0 Å². The molecule has 1 N–H and O–H groups in total. The van der Waals surface area contributed by atoms with E-state index in [1.807, 2.05) is 6.92 Å². The number of aliphatic hydroxyl groups excluding tert-OH is 1. The van der Waals surface area contributed by atoms with Gasteiger partial charge in [0.15, 0.2) is 0 Å². The van der Waals surface area contributed by atoms with Gasteiger partial charge >= 0.3 is 0 Å². The van der Waals surface area contributed by atoms with E-state index in [9.17, 15) is 5.21 Å². The van der Waals surface area contributed by atoms with Crippen molar-refractivity contribution >= 4 is 0 Å². The highest BCUT2D eigenvalue weighted by Gasteiger charge is 2.14. The van der Waals surface area contributed by atoms with Crippen LogP contribution in [0.25, 0.3) is 0 Å². The molecule has 0 rings (SSSR count). The number of aliphatic hydroxyl groups is 1. The van der Waals surface area contributed by atoms with Gasteiger partial charge in [-0.15, -0.1) is 0 Å². The van der Waals surface area contributed by atoms with E-state index in [1.165, 1.54) is 64.2 Å². The SMILES string of the molecule is CCCCCCCCCCCCC[N+]([O-])(CCC)CCO. The van der Waals surface area contributed by atoms with Gasteiger partial charge in [0.25, 0.3) is 0 Å². The van der Waals surface area contributed by atoms with Gasteiger partial charge in [0, 0.05) is 0 Å². The molecule has 0 bridgehead atoms. The van der Waals surface area contributed by atoms with Crippen molar-refractivity contribution in [3.63, 3.8) is 0 Å². The van der Waals surface area contributed by atoms with Crippen molar-refractivity contribution in [3.05, 3.63) is 5.21 Å². The first kappa shape index (κ1) is 20.9. The van der Waals surface area contributed by atoms with Gasteiger partial charge < -0.3 is 15.0 Å². The first-order chi connectivity index (χ1) is 10.2. The zero-order valence-corrected chi connectivity index (χ0v) is 14.6. The molecule has 0 spiro atoms. The van der Waals surface area contributed by atoms with Crippen LogP contribution in [0.4, 0.5) is 0 Å². The topological polar surface area (TPSA) is 43.3 Å². The fourth-order valence-corrected chi connectivity index (χ4v) is 2.99. The molecule has 0 aliphatic carbocycles.